The summed E-state index contributed by atoms with van der Waals surface area (Å²) in [6.07, 6.45) is 3.09. The molecule has 47 heavy (non-hydrogen) atoms. The molecule has 8 rings (SSSR count). The van der Waals surface area contributed by atoms with Gasteiger partial charge in [-0.2, -0.15) is 20.5 Å². The number of hydrogen-bond donors (Lipinski definition) is 1. The van der Waals surface area contributed by atoms with E-state index in [1.165, 1.54) is 12.1 Å². The normalized spacial score (nSPS) is 25.5. The van der Waals surface area contributed by atoms with Crippen LogP contribution in [-0.4, -0.2) is 65.5 Å². The molecule has 0 bridgehead atoms. The molecular weight excluding hydrogens is 651 g/mol. The summed E-state index contributed by atoms with van der Waals surface area (Å²) >= 11 is 7.93. The maximum atomic E-state index is 17.2. The molecule has 3 saturated heterocycles. The summed E-state index contributed by atoms with van der Waals surface area (Å²) in [4.78, 5) is 13.5. The number of aromatic nitrogens is 2. The van der Waals surface area contributed by atoms with Gasteiger partial charge in [0, 0.05) is 42.9 Å². The van der Waals surface area contributed by atoms with Gasteiger partial charge in [0.2, 0.25) is 0 Å². The fourth-order valence-electron chi connectivity index (χ4n) is 8.02. The first-order valence-electron chi connectivity index (χ1n) is 15.7. The van der Waals surface area contributed by atoms with Gasteiger partial charge in [-0.15, -0.1) is 11.3 Å². The maximum Gasteiger partial charge on any atom is 0.319 e. The standard InChI is InChI=1S/C33H29ClF3N7O2S/c34-25-23(19-4-5-21(36)29-22(19)20(12-39)30(40)47-29)26(37)27-24-28(25)45-9-6-18-3-2-16(11-38)13-44(18)31(24)42-32(41-27)46-15-33-7-1-8-43(33)14-17(35)10-33/h4-5,16-18H,1-3,6-10,13-15,40H2/t16?,17-,18?,33?/m1/s1. The van der Waals surface area contributed by atoms with Gasteiger partial charge in [0.05, 0.1) is 44.8 Å². The first-order valence-corrected chi connectivity index (χ1v) is 16.9. The smallest absolute Gasteiger partial charge is 0.319 e. The van der Waals surface area contributed by atoms with Crippen molar-refractivity contribution in [2.45, 2.75) is 56.3 Å². The molecule has 2 aromatic heterocycles. The van der Waals surface area contributed by atoms with E-state index in [1.54, 1.807) is 0 Å². The average Bonchev–Trinajstić information content (AvgIpc) is 3.70. The van der Waals surface area contributed by atoms with Crippen molar-refractivity contribution in [3.05, 3.63) is 34.4 Å². The molecule has 4 atom stereocenters. The monoisotopic (exact) mass is 679 g/mol. The second kappa shape index (κ2) is 11.3. The third-order valence-corrected chi connectivity index (χ3v) is 11.6. The van der Waals surface area contributed by atoms with Crippen LogP contribution in [-0.2, 0) is 0 Å². The molecule has 4 aliphatic heterocycles. The number of hydrogen-bond acceptors (Lipinski definition) is 10. The lowest BCUT2D eigenvalue weighted by Gasteiger charge is -2.40. The summed E-state index contributed by atoms with van der Waals surface area (Å²) < 4.78 is 59.3. The van der Waals surface area contributed by atoms with Crippen molar-refractivity contribution in [2.24, 2.45) is 5.92 Å². The third kappa shape index (κ3) is 4.66. The summed E-state index contributed by atoms with van der Waals surface area (Å²) in [6.45, 7) is 1.88. The molecule has 14 heteroatoms. The molecule has 0 spiro atoms. The molecule has 6 heterocycles. The van der Waals surface area contributed by atoms with Gasteiger partial charge in [-0.1, -0.05) is 17.7 Å². The van der Waals surface area contributed by atoms with Crippen LogP contribution in [0.25, 0.3) is 32.1 Å². The van der Waals surface area contributed by atoms with Gasteiger partial charge in [-0.05, 0) is 43.9 Å². The Hall–Kier alpha value is -4.04. The van der Waals surface area contributed by atoms with E-state index in [4.69, 9.17) is 31.8 Å². The van der Waals surface area contributed by atoms with Gasteiger partial charge >= 0.3 is 6.01 Å². The van der Waals surface area contributed by atoms with Crippen LogP contribution in [0.15, 0.2) is 12.1 Å². The van der Waals surface area contributed by atoms with Gasteiger partial charge in [-0.3, -0.25) is 4.90 Å². The predicted molar refractivity (Wildman–Crippen MR) is 173 cm³/mol. The van der Waals surface area contributed by atoms with Gasteiger partial charge in [-0.25, -0.2) is 13.2 Å². The molecule has 0 radical (unpaired) electrons. The van der Waals surface area contributed by atoms with Crippen LogP contribution in [0, 0.1) is 40.2 Å². The fraction of sp³-hybridized carbons (Fsp3) is 0.455. The zero-order valence-corrected chi connectivity index (χ0v) is 26.7. The summed E-state index contributed by atoms with van der Waals surface area (Å²) in [5, 5.41) is 20.2. The van der Waals surface area contributed by atoms with Crippen LogP contribution in [0.3, 0.4) is 0 Å². The third-order valence-electron chi connectivity index (χ3n) is 10.2. The Labute approximate surface area is 277 Å². The highest BCUT2D eigenvalue weighted by molar-refractivity contribution is 7.23. The molecule has 0 aliphatic carbocycles. The van der Waals surface area contributed by atoms with E-state index in [-0.39, 0.29) is 84.6 Å². The molecule has 3 fully saturated rings. The van der Waals surface area contributed by atoms with E-state index in [0.717, 1.165) is 30.7 Å². The molecule has 0 amide bonds. The van der Waals surface area contributed by atoms with E-state index in [1.807, 2.05) is 11.0 Å². The Balaban J connectivity index is 1.36. The Morgan fingerprint density at radius 3 is 2.83 bits per heavy atom. The molecule has 242 valence electrons. The zero-order valence-electron chi connectivity index (χ0n) is 25.2. The van der Waals surface area contributed by atoms with Crippen LogP contribution < -0.4 is 20.1 Å². The lowest BCUT2D eigenvalue weighted by molar-refractivity contribution is 0.107. The topological polar surface area (TPSA) is 124 Å². The lowest BCUT2D eigenvalue weighted by Crippen LogP contribution is -2.45. The molecule has 4 aliphatic rings. The Morgan fingerprint density at radius 2 is 2.02 bits per heavy atom. The Morgan fingerprint density at radius 1 is 1.17 bits per heavy atom. The van der Waals surface area contributed by atoms with Crippen LogP contribution in [0.4, 0.5) is 24.0 Å². The number of nitriles is 2. The molecular formula is C33H29ClF3N7O2S. The van der Waals surface area contributed by atoms with Crippen molar-refractivity contribution in [2.75, 3.05) is 43.5 Å². The number of nitrogens with two attached hydrogens (primary N) is 1. The number of anilines is 2. The highest BCUT2D eigenvalue weighted by Crippen LogP contribution is 2.51. The van der Waals surface area contributed by atoms with Crippen molar-refractivity contribution in [1.29, 1.82) is 10.5 Å². The van der Waals surface area contributed by atoms with E-state index in [0.29, 0.717) is 44.6 Å². The summed E-state index contributed by atoms with van der Waals surface area (Å²) in [5.41, 5.74) is 5.54. The lowest BCUT2D eigenvalue weighted by atomic mass is 9.91. The number of alkyl halides is 1. The minimum absolute atomic E-state index is 0.0212. The Bertz CT molecular complexity index is 2050. The zero-order chi connectivity index (χ0) is 32.6. The van der Waals surface area contributed by atoms with Crippen molar-refractivity contribution < 1.29 is 22.6 Å². The fourth-order valence-corrected chi connectivity index (χ4v) is 9.31. The second-order valence-electron chi connectivity index (χ2n) is 12.8. The number of fused-ring (bicyclic) bond motifs is 4. The largest absolute Gasteiger partial charge is 0.491 e. The van der Waals surface area contributed by atoms with Gasteiger partial charge < -0.3 is 20.1 Å². The number of benzene rings is 2. The molecule has 4 aromatic rings. The van der Waals surface area contributed by atoms with Crippen molar-refractivity contribution in [1.82, 2.24) is 14.9 Å². The number of halogens is 4. The van der Waals surface area contributed by atoms with Crippen molar-refractivity contribution in [3.8, 4) is 35.0 Å². The van der Waals surface area contributed by atoms with Crippen molar-refractivity contribution in [3.63, 3.8) is 0 Å². The van der Waals surface area contributed by atoms with Gasteiger partial charge in [0.1, 0.15) is 41.0 Å². The molecule has 2 aromatic carbocycles. The van der Waals surface area contributed by atoms with Gasteiger partial charge in [0.15, 0.2) is 11.6 Å². The first-order chi connectivity index (χ1) is 22.7. The van der Waals surface area contributed by atoms with Crippen LogP contribution in [0.1, 0.15) is 44.1 Å². The van der Waals surface area contributed by atoms with E-state index >= 15 is 4.39 Å². The minimum Gasteiger partial charge on any atom is -0.491 e. The highest BCUT2D eigenvalue weighted by Gasteiger charge is 2.49. The summed E-state index contributed by atoms with van der Waals surface area (Å²) in [6, 6.07) is 6.83. The van der Waals surface area contributed by atoms with E-state index < -0.39 is 23.3 Å². The number of piperidine rings is 1. The summed E-state index contributed by atoms with van der Waals surface area (Å²) in [5.74, 6) is -1.21. The molecule has 3 unspecified atom stereocenters. The van der Waals surface area contributed by atoms with Crippen molar-refractivity contribution >= 4 is 54.7 Å². The molecule has 2 N–H and O–H groups in total. The second-order valence-corrected chi connectivity index (χ2v) is 14.3. The Kier molecular flexibility index (Phi) is 7.28. The predicted octanol–water partition coefficient (Wildman–Crippen LogP) is 6.74. The van der Waals surface area contributed by atoms with E-state index in [2.05, 4.69) is 16.0 Å². The number of nitrogens with zero attached hydrogens (tertiary/aromatic N) is 6. The average molecular weight is 680 g/mol. The number of ether oxygens (including phenoxy) is 2. The molecule has 9 nitrogen and oxygen atoms in total. The van der Waals surface area contributed by atoms with Crippen LogP contribution in [0.2, 0.25) is 5.02 Å². The van der Waals surface area contributed by atoms with Crippen LogP contribution in [0.5, 0.6) is 11.8 Å². The van der Waals surface area contributed by atoms with Crippen LogP contribution >= 0.6 is 22.9 Å². The highest BCUT2D eigenvalue weighted by atomic mass is 35.5. The van der Waals surface area contributed by atoms with E-state index in [9.17, 15) is 19.3 Å². The minimum atomic E-state index is -0.958. The number of rotatable bonds is 4. The SMILES string of the molecule is N#Cc1c(N)sc2c(F)ccc(-c3c(Cl)c4c5c(nc(OCC67CCCN6C[C@H](F)C7)nc5c3F)N3CC(C#N)CCC3CCO4)c12. The number of thiophene rings is 1. The maximum absolute atomic E-state index is 17.2. The summed E-state index contributed by atoms with van der Waals surface area (Å²) in [7, 11) is 0. The first kappa shape index (κ1) is 30.3. The number of nitrogen functional groups attached to an aromatic ring is 1. The quantitative estimate of drug-likeness (QED) is 0.250. The van der Waals surface area contributed by atoms with Gasteiger partial charge in [0.25, 0.3) is 0 Å². The molecule has 0 saturated carbocycles.